The van der Waals surface area contributed by atoms with Crippen LogP contribution < -0.4 is 19.1 Å². The number of rotatable bonds is 8. The first-order valence-electron chi connectivity index (χ1n) is 23.6. The zero-order valence-corrected chi connectivity index (χ0v) is 47.3. The fourth-order valence-electron chi connectivity index (χ4n) is 7.33. The Labute approximate surface area is 418 Å². The van der Waals surface area contributed by atoms with Crippen molar-refractivity contribution in [3.05, 3.63) is 47.1 Å². The maximum Gasteiger partial charge on any atom is 0.429 e. The minimum Gasteiger partial charge on any atom is -0.494 e. The van der Waals surface area contributed by atoms with Crippen LogP contribution in [-0.4, -0.2) is 120 Å². The molecule has 0 fully saturated rings. The van der Waals surface area contributed by atoms with Crippen LogP contribution in [0.4, 0.5) is 24.9 Å². The van der Waals surface area contributed by atoms with Crippen LogP contribution in [0.5, 0.6) is 17.2 Å². The number of imide groups is 4. The number of anilines is 1. The van der Waals surface area contributed by atoms with Gasteiger partial charge < -0.3 is 47.1 Å². The third-order valence-corrected chi connectivity index (χ3v) is 16.1. The number of ether oxygens (including phenoxy) is 9. The molecule has 0 N–H and O–H groups in total. The van der Waals surface area contributed by atoms with Gasteiger partial charge in [0, 0.05) is 37.3 Å². The summed E-state index contributed by atoms with van der Waals surface area (Å²) in [5.41, 5.74) is -2.12. The fraction of sp³-hybridized carbons (Fsp3) is 0.673. The standard InChI is InChI=1S/C52H84N2O15Si/c1-31-27-35-42(63-20)36(30-39(62-19)43(35)64-21)53(46(57)66-49(5,6)7)44(55)32(2)25-24-26-37(60-17)40(65-45(56)54(47(58)67-50(8,9)10)48(59)68-51(11,12)13)33(3)29-34(4)41(38(28-31)61-18)69-70(22,23)52(14,15)16/h24-26,29-31,34,37-38,40-41H,27-28H2,1-23H3/b26-24-,32-25+,33-29+/t31-,34+,37+,38+,40+,41-/m1/s1. The fourth-order valence-corrected chi connectivity index (χ4v) is 8.73. The molecule has 0 saturated heterocycles. The number of amides is 5. The highest BCUT2D eigenvalue weighted by Crippen LogP contribution is 2.47. The Kier molecular flexibility index (Phi) is 21.4. The van der Waals surface area contributed by atoms with E-state index in [2.05, 4.69) is 33.9 Å². The van der Waals surface area contributed by atoms with E-state index in [-0.39, 0.29) is 38.6 Å². The van der Waals surface area contributed by atoms with Crippen LogP contribution in [0.1, 0.15) is 123 Å². The van der Waals surface area contributed by atoms with E-state index in [1.165, 1.54) is 59.7 Å². The van der Waals surface area contributed by atoms with E-state index in [1.807, 2.05) is 19.9 Å². The summed E-state index contributed by atoms with van der Waals surface area (Å²) in [5.74, 6) is -0.586. The Morgan fingerprint density at radius 3 is 1.70 bits per heavy atom. The molecular weight excluding hydrogens is 921 g/mol. The van der Waals surface area contributed by atoms with Crippen molar-refractivity contribution in [1.29, 1.82) is 0 Å². The van der Waals surface area contributed by atoms with E-state index >= 15 is 0 Å². The van der Waals surface area contributed by atoms with Crippen molar-refractivity contribution in [3.63, 3.8) is 0 Å². The molecule has 5 amide bonds. The Morgan fingerprint density at radius 1 is 0.729 bits per heavy atom. The number of allylic oxidation sites excluding steroid dienone is 2. The third kappa shape index (κ3) is 16.9. The maximum absolute atomic E-state index is 14.7. The lowest BCUT2D eigenvalue weighted by molar-refractivity contribution is -0.115. The molecule has 2 rings (SSSR count). The van der Waals surface area contributed by atoms with Gasteiger partial charge in [0.2, 0.25) is 0 Å². The number of benzene rings is 1. The number of carbonyl (C=O) groups excluding carboxylic acids is 5. The van der Waals surface area contributed by atoms with Crippen LogP contribution in [-0.2, 0) is 44.1 Å². The molecule has 0 aliphatic carbocycles. The van der Waals surface area contributed by atoms with Gasteiger partial charge in [0.15, 0.2) is 25.9 Å². The monoisotopic (exact) mass is 1000 g/mol. The Hall–Kier alpha value is -4.91. The van der Waals surface area contributed by atoms with E-state index in [0.717, 1.165) is 4.90 Å². The lowest BCUT2D eigenvalue weighted by Crippen LogP contribution is -2.50. The van der Waals surface area contributed by atoms with Crippen molar-refractivity contribution in [2.45, 2.75) is 183 Å². The Bertz CT molecular complexity index is 2070. The molecule has 0 saturated carbocycles. The number of hydrogen-bond acceptors (Lipinski definition) is 15. The molecule has 1 aromatic carbocycles. The van der Waals surface area contributed by atoms with Gasteiger partial charge in [0.25, 0.3) is 5.91 Å². The van der Waals surface area contributed by atoms with Gasteiger partial charge >= 0.3 is 24.4 Å². The van der Waals surface area contributed by atoms with Gasteiger partial charge in [0.1, 0.15) is 34.3 Å². The second-order valence-corrected chi connectivity index (χ2v) is 27.0. The van der Waals surface area contributed by atoms with Crippen molar-refractivity contribution in [2.75, 3.05) is 40.4 Å². The van der Waals surface area contributed by atoms with Crippen molar-refractivity contribution >= 4 is 44.3 Å². The quantitative estimate of drug-likeness (QED) is 0.136. The van der Waals surface area contributed by atoms with Gasteiger partial charge in [-0.05, 0) is 119 Å². The van der Waals surface area contributed by atoms with Crippen LogP contribution in [0.15, 0.2) is 41.5 Å². The van der Waals surface area contributed by atoms with Crippen molar-refractivity contribution < 1.29 is 71.0 Å². The molecule has 0 spiro atoms. The van der Waals surface area contributed by atoms with Crippen molar-refractivity contribution in [1.82, 2.24) is 4.90 Å². The third-order valence-electron chi connectivity index (χ3n) is 11.6. The number of methoxy groups -OCH3 is 5. The molecule has 17 nitrogen and oxygen atoms in total. The number of nitrogens with zero attached hydrogens (tertiary/aromatic N) is 2. The summed E-state index contributed by atoms with van der Waals surface area (Å²) in [6, 6.07) is 1.49. The van der Waals surface area contributed by atoms with E-state index in [0.29, 0.717) is 29.7 Å². The molecule has 0 radical (unpaired) electrons. The van der Waals surface area contributed by atoms with Gasteiger partial charge in [-0.15, -0.1) is 4.90 Å². The highest BCUT2D eigenvalue weighted by Gasteiger charge is 2.44. The van der Waals surface area contributed by atoms with Gasteiger partial charge in [-0.25, -0.2) is 24.1 Å². The highest BCUT2D eigenvalue weighted by molar-refractivity contribution is 6.74. The average Bonchev–Trinajstić information content (AvgIpc) is 3.19. The predicted octanol–water partition coefficient (Wildman–Crippen LogP) is 11.7. The first-order valence-corrected chi connectivity index (χ1v) is 26.5. The summed E-state index contributed by atoms with van der Waals surface area (Å²) < 4.78 is 60.4. The van der Waals surface area contributed by atoms with E-state index in [9.17, 15) is 24.0 Å². The van der Waals surface area contributed by atoms with Crippen molar-refractivity contribution in [2.24, 2.45) is 11.8 Å². The predicted molar refractivity (Wildman–Crippen MR) is 271 cm³/mol. The van der Waals surface area contributed by atoms with Crippen LogP contribution >= 0.6 is 0 Å². The summed E-state index contributed by atoms with van der Waals surface area (Å²) in [5, 5.41) is -0.211. The van der Waals surface area contributed by atoms with Gasteiger partial charge in [-0.1, -0.05) is 58.9 Å². The summed E-state index contributed by atoms with van der Waals surface area (Å²) in [6.45, 7) is 32.6. The van der Waals surface area contributed by atoms with Crippen LogP contribution in [0.3, 0.4) is 0 Å². The number of hydrogen-bond donors (Lipinski definition) is 0. The van der Waals surface area contributed by atoms with Gasteiger partial charge in [0.05, 0.1) is 33.5 Å². The highest BCUT2D eigenvalue weighted by atomic mass is 28.4. The minimum atomic E-state index is -2.55. The summed E-state index contributed by atoms with van der Waals surface area (Å²) in [6.07, 6.45) is -1.40. The number of carbonyl (C=O) groups is 5. The summed E-state index contributed by atoms with van der Waals surface area (Å²) >= 11 is 0. The second-order valence-electron chi connectivity index (χ2n) is 22.2. The molecule has 0 unspecified atom stereocenters. The molecule has 1 aliphatic heterocycles. The Balaban J connectivity index is 3.19. The van der Waals surface area contributed by atoms with Gasteiger partial charge in [-0.3, -0.25) is 4.79 Å². The summed E-state index contributed by atoms with van der Waals surface area (Å²) in [7, 11) is 4.88. The zero-order valence-electron chi connectivity index (χ0n) is 46.3. The normalized spacial score (nSPS) is 23.4. The lowest BCUT2D eigenvalue weighted by atomic mass is 9.87. The second kappa shape index (κ2) is 24.5. The SMILES string of the molecule is COc1cc2c(OC)c(c1OC)C[C@@H](C)C[C@H](OC)[C@H](O[Si](C)(C)C(C)(C)C)[C@@H](C)/C=C(\C)[C@H](OC(=O)N(C(=O)OC(C)(C)C)C(=O)OC(C)(C)C)[C@@H](OC)/C=C\C=C(/C)C(=O)N2C(=O)OC(C)(C)C. The molecule has 70 heavy (non-hydrogen) atoms. The maximum atomic E-state index is 14.7. The van der Waals surface area contributed by atoms with E-state index < -0.39 is 85.7 Å². The van der Waals surface area contributed by atoms with E-state index in [4.69, 9.17) is 47.1 Å². The first kappa shape index (κ1) is 61.2. The topological polar surface area (TPSA) is 184 Å². The average molecular weight is 1010 g/mol. The largest absolute Gasteiger partial charge is 0.494 e. The smallest absolute Gasteiger partial charge is 0.429 e. The molecule has 2 bridgehead atoms. The van der Waals surface area contributed by atoms with Crippen molar-refractivity contribution in [3.8, 4) is 17.2 Å². The minimum absolute atomic E-state index is 0.0494. The molecule has 6 atom stereocenters. The Morgan fingerprint density at radius 2 is 1.26 bits per heavy atom. The van der Waals surface area contributed by atoms with Crippen LogP contribution in [0, 0.1) is 11.8 Å². The molecule has 1 aromatic rings. The molecule has 1 heterocycles. The van der Waals surface area contributed by atoms with E-state index in [1.54, 1.807) is 76.3 Å². The molecule has 0 aromatic heterocycles. The zero-order chi connectivity index (χ0) is 54.1. The van der Waals surface area contributed by atoms with Crippen LogP contribution in [0.2, 0.25) is 18.1 Å². The van der Waals surface area contributed by atoms with Gasteiger partial charge in [-0.2, -0.15) is 0 Å². The summed E-state index contributed by atoms with van der Waals surface area (Å²) in [4.78, 5) is 71.7. The molecular formula is C52H84N2O15Si. The molecule has 18 heteroatoms. The first-order chi connectivity index (χ1) is 32.0. The molecule has 396 valence electrons. The van der Waals surface area contributed by atoms with Crippen LogP contribution in [0.25, 0.3) is 0 Å². The lowest BCUT2D eigenvalue weighted by Gasteiger charge is -2.43. The molecule has 1 aliphatic rings. The number of fused-ring (bicyclic) bond motifs is 2.